The summed E-state index contributed by atoms with van der Waals surface area (Å²) in [5.41, 5.74) is 6.56. The van der Waals surface area contributed by atoms with E-state index in [-0.39, 0.29) is 11.7 Å². The summed E-state index contributed by atoms with van der Waals surface area (Å²) in [4.78, 5) is 12.8. The van der Waals surface area contributed by atoms with Crippen molar-refractivity contribution in [1.29, 1.82) is 0 Å². The molecule has 38 heavy (non-hydrogen) atoms. The second kappa shape index (κ2) is 9.05. The van der Waals surface area contributed by atoms with Gasteiger partial charge in [0.1, 0.15) is 5.58 Å². The molecular weight excluding hydrogens is 470 g/mol. The Morgan fingerprint density at radius 2 is 1.50 bits per heavy atom. The first kappa shape index (κ1) is 22.1. The van der Waals surface area contributed by atoms with Crippen LogP contribution in [0.4, 0.5) is 0 Å². The lowest BCUT2D eigenvalue weighted by atomic mass is 10.1. The van der Waals surface area contributed by atoms with Gasteiger partial charge in [-0.2, -0.15) is 5.10 Å². The number of nitrogens with zero attached hydrogens (tertiary/aromatic N) is 2. The predicted molar refractivity (Wildman–Crippen MR) is 154 cm³/mol. The maximum absolute atomic E-state index is 12.8. The zero-order chi connectivity index (χ0) is 25.5. The number of rotatable bonds is 5. The molecule has 0 aliphatic heterocycles. The van der Waals surface area contributed by atoms with E-state index in [1.165, 1.54) is 16.3 Å². The van der Waals surface area contributed by atoms with Crippen LogP contribution in [0.3, 0.4) is 0 Å². The van der Waals surface area contributed by atoms with Crippen LogP contribution in [-0.4, -0.2) is 16.7 Å². The third kappa shape index (κ3) is 3.91. The molecule has 0 aliphatic carbocycles. The first-order valence-corrected chi connectivity index (χ1v) is 12.5. The Hall–Kier alpha value is -5.16. The molecule has 5 nitrogen and oxygen atoms in total. The highest BCUT2D eigenvalue weighted by atomic mass is 16.3. The zero-order valence-electron chi connectivity index (χ0n) is 20.5. The van der Waals surface area contributed by atoms with Crippen LogP contribution >= 0.6 is 0 Å². The highest BCUT2D eigenvalue weighted by Crippen LogP contribution is 2.28. The number of hydrazone groups is 1. The lowest BCUT2D eigenvalue weighted by Crippen LogP contribution is -2.16. The van der Waals surface area contributed by atoms with Crippen LogP contribution in [-0.2, 0) is 6.54 Å². The van der Waals surface area contributed by atoms with Gasteiger partial charge in [0.15, 0.2) is 5.76 Å². The fraction of sp³-hybridized carbons (Fsp3) is 0.0303. The van der Waals surface area contributed by atoms with Crippen molar-refractivity contribution in [1.82, 2.24) is 9.99 Å². The van der Waals surface area contributed by atoms with Crippen molar-refractivity contribution in [3.8, 4) is 0 Å². The Labute approximate surface area is 218 Å². The van der Waals surface area contributed by atoms with Gasteiger partial charge < -0.3 is 8.98 Å². The molecule has 2 heterocycles. The number of hydrogen-bond donors (Lipinski definition) is 1. The van der Waals surface area contributed by atoms with Gasteiger partial charge in [-0.05, 0) is 51.4 Å². The van der Waals surface area contributed by atoms with Crippen LogP contribution in [0.15, 0.2) is 125 Å². The summed E-state index contributed by atoms with van der Waals surface area (Å²) in [5, 5.41) is 10.9. The summed E-state index contributed by atoms with van der Waals surface area (Å²) < 4.78 is 8.04. The molecule has 0 radical (unpaired) electrons. The molecule has 0 unspecified atom stereocenters. The van der Waals surface area contributed by atoms with Gasteiger partial charge in [-0.3, -0.25) is 4.79 Å². The van der Waals surface area contributed by atoms with Gasteiger partial charge in [-0.25, -0.2) is 5.43 Å². The van der Waals surface area contributed by atoms with Gasteiger partial charge in [0.05, 0.1) is 6.21 Å². The Balaban J connectivity index is 1.15. The van der Waals surface area contributed by atoms with Crippen LogP contribution in [0.25, 0.3) is 43.4 Å². The van der Waals surface area contributed by atoms with Gasteiger partial charge >= 0.3 is 5.91 Å². The highest BCUT2D eigenvalue weighted by molar-refractivity contribution is 6.08. The molecule has 0 saturated carbocycles. The van der Waals surface area contributed by atoms with E-state index in [9.17, 15) is 4.79 Å². The summed E-state index contributed by atoms with van der Waals surface area (Å²) in [6, 6.07) is 36.9. The van der Waals surface area contributed by atoms with Gasteiger partial charge in [-0.15, -0.1) is 0 Å². The van der Waals surface area contributed by atoms with E-state index in [1.54, 1.807) is 12.3 Å². The molecule has 0 aliphatic rings. The molecule has 1 amide bonds. The Kier molecular flexibility index (Phi) is 5.26. The number of fused-ring (bicyclic) bond motifs is 5. The standard InChI is InChI=1S/C33H23N3O2/c37-33(32-18-29-27-10-4-3-8-24(27)15-16-31(29)38-32)35-34-19-26-21-36(30-12-6-5-11-28(26)30)20-22-13-14-23-7-1-2-9-25(23)17-22/h1-19,21H,20H2,(H,35,37). The van der Waals surface area contributed by atoms with Crippen LogP contribution in [0, 0.1) is 0 Å². The first-order valence-electron chi connectivity index (χ1n) is 12.5. The number of hydrogen-bond acceptors (Lipinski definition) is 3. The molecule has 7 rings (SSSR count). The summed E-state index contributed by atoms with van der Waals surface area (Å²) in [7, 11) is 0. The number of benzene rings is 5. The average molecular weight is 494 g/mol. The normalized spacial score (nSPS) is 11.8. The third-order valence-corrected chi connectivity index (χ3v) is 7.01. The largest absolute Gasteiger partial charge is 0.451 e. The molecule has 5 heteroatoms. The van der Waals surface area contributed by atoms with Gasteiger partial charge in [0, 0.05) is 34.6 Å². The minimum absolute atomic E-state index is 0.229. The minimum atomic E-state index is -0.388. The van der Waals surface area contributed by atoms with Crippen LogP contribution in [0.2, 0.25) is 0 Å². The molecule has 0 fully saturated rings. The molecule has 0 atom stereocenters. The monoisotopic (exact) mass is 493 g/mol. The number of amides is 1. The average Bonchev–Trinajstić information content (AvgIpc) is 3.55. The van der Waals surface area contributed by atoms with Crippen molar-refractivity contribution in [3.63, 3.8) is 0 Å². The van der Waals surface area contributed by atoms with E-state index in [0.717, 1.165) is 39.2 Å². The molecule has 5 aromatic carbocycles. The SMILES string of the molecule is O=C(NN=Cc1cn(Cc2ccc3ccccc3c2)c2ccccc12)c1cc2c(ccc3ccccc32)o1. The summed E-state index contributed by atoms with van der Waals surface area (Å²) in [6.45, 7) is 0.735. The lowest BCUT2D eigenvalue weighted by Gasteiger charge is -2.07. The van der Waals surface area contributed by atoms with Crippen molar-refractivity contribution < 1.29 is 9.21 Å². The Morgan fingerprint density at radius 1 is 0.763 bits per heavy atom. The van der Waals surface area contributed by atoms with Gasteiger partial charge in [-0.1, -0.05) is 84.9 Å². The number of carbonyl (C=O) groups is 1. The summed E-state index contributed by atoms with van der Waals surface area (Å²) >= 11 is 0. The van der Waals surface area contributed by atoms with E-state index in [4.69, 9.17) is 4.42 Å². The maximum atomic E-state index is 12.8. The fourth-order valence-electron chi connectivity index (χ4n) is 5.16. The first-order chi connectivity index (χ1) is 18.7. The van der Waals surface area contributed by atoms with Crippen LogP contribution < -0.4 is 5.43 Å². The molecule has 0 spiro atoms. The third-order valence-electron chi connectivity index (χ3n) is 7.01. The summed E-state index contributed by atoms with van der Waals surface area (Å²) in [6.07, 6.45) is 3.76. The van der Waals surface area contributed by atoms with Gasteiger partial charge in [0.2, 0.25) is 0 Å². The number of furan rings is 1. The fourth-order valence-corrected chi connectivity index (χ4v) is 5.16. The lowest BCUT2D eigenvalue weighted by molar-refractivity contribution is 0.0929. The van der Waals surface area contributed by atoms with Gasteiger partial charge in [0.25, 0.3) is 0 Å². The van der Waals surface area contributed by atoms with Crippen molar-refractivity contribution in [2.24, 2.45) is 5.10 Å². The number of carbonyl (C=O) groups excluding carboxylic acids is 1. The second-order valence-electron chi connectivity index (χ2n) is 9.42. The van der Waals surface area contributed by atoms with E-state index in [0.29, 0.717) is 5.58 Å². The number of nitrogens with one attached hydrogen (secondary N) is 1. The molecule has 0 saturated heterocycles. The predicted octanol–water partition coefficient (Wildman–Crippen LogP) is 7.51. The molecular formula is C33H23N3O2. The highest BCUT2D eigenvalue weighted by Gasteiger charge is 2.14. The molecule has 1 N–H and O–H groups in total. The zero-order valence-corrected chi connectivity index (χ0v) is 20.5. The van der Waals surface area contributed by atoms with Crippen LogP contribution in [0.1, 0.15) is 21.7 Å². The smallest absolute Gasteiger partial charge is 0.307 e. The van der Waals surface area contributed by atoms with E-state index < -0.39 is 0 Å². The molecule has 0 bridgehead atoms. The van der Waals surface area contributed by atoms with E-state index >= 15 is 0 Å². The molecule has 7 aromatic rings. The second-order valence-corrected chi connectivity index (χ2v) is 9.42. The molecule has 2 aromatic heterocycles. The Morgan fingerprint density at radius 3 is 2.39 bits per heavy atom. The van der Waals surface area contributed by atoms with Crippen LogP contribution in [0.5, 0.6) is 0 Å². The summed E-state index contributed by atoms with van der Waals surface area (Å²) in [5.74, 6) is -0.159. The maximum Gasteiger partial charge on any atom is 0.307 e. The van der Waals surface area contributed by atoms with Crippen molar-refractivity contribution in [2.75, 3.05) is 0 Å². The minimum Gasteiger partial charge on any atom is -0.451 e. The topological polar surface area (TPSA) is 59.5 Å². The van der Waals surface area contributed by atoms with Crippen molar-refractivity contribution in [3.05, 3.63) is 132 Å². The van der Waals surface area contributed by atoms with E-state index in [2.05, 4.69) is 75.9 Å². The molecule has 182 valence electrons. The number of aromatic nitrogens is 1. The Bertz CT molecular complexity index is 2010. The van der Waals surface area contributed by atoms with Crippen molar-refractivity contribution >= 4 is 55.5 Å². The number of para-hydroxylation sites is 1. The quantitative estimate of drug-likeness (QED) is 0.199. The van der Waals surface area contributed by atoms with E-state index in [1.807, 2.05) is 48.5 Å². The van der Waals surface area contributed by atoms with Crippen molar-refractivity contribution in [2.45, 2.75) is 6.54 Å².